The molecule has 0 atom stereocenters. The van der Waals surface area contributed by atoms with E-state index < -0.39 is 0 Å². The Labute approximate surface area is 166 Å². The largest absolute Gasteiger partial charge is 0.356 e. The molecule has 26 heavy (non-hydrogen) atoms. The summed E-state index contributed by atoms with van der Waals surface area (Å²) in [4.78, 5) is 29.2. The lowest BCUT2D eigenvalue weighted by molar-refractivity contribution is 0.0751. The Kier molecular flexibility index (Phi) is 5.13. The maximum Gasteiger partial charge on any atom is 0.264 e. The van der Waals surface area contributed by atoms with Crippen molar-refractivity contribution in [1.82, 2.24) is 14.9 Å². The average Bonchev–Trinajstić information content (AvgIpc) is 3.32. The molecule has 138 valence electrons. The second-order valence-corrected chi connectivity index (χ2v) is 8.56. The molecule has 2 saturated heterocycles. The first kappa shape index (κ1) is 17.7. The Morgan fingerprint density at radius 2 is 1.62 bits per heavy atom. The van der Waals surface area contributed by atoms with Crippen molar-refractivity contribution in [3.8, 4) is 0 Å². The molecule has 0 saturated carbocycles. The molecule has 2 fully saturated rings. The van der Waals surface area contributed by atoms with Crippen molar-refractivity contribution in [2.45, 2.75) is 19.8 Å². The van der Waals surface area contributed by atoms with E-state index in [1.54, 1.807) is 0 Å². The highest BCUT2D eigenvalue weighted by Crippen LogP contribution is 2.25. The first-order chi connectivity index (χ1) is 12.6. The summed E-state index contributed by atoms with van der Waals surface area (Å²) in [7, 11) is 0. The van der Waals surface area contributed by atoms with Crippen molar-refractivity contribution in [1.29, 1.82) is 0 Å². The van der Waals surface area contributed by atoms with Crippen LogP contribution in [0.5, 0.6) is 0 Å². The second kappa shape index (κ2) is 7.52. The second-order valence-electron chi connectivity index (χ2n) is 6.73. The van der Waals surface area contributed by atoms with Crippen LogP contribution in [0.4, 0.5) is 11.6 Å². The predicted octanol–water partition coefficient (Wildman–Crippen LogP) is 3.17. The quantitative estimate of drug-likeness (QED) is 0.740. The van der Waals surface area contributed by atoms with Crippen molar-refractivity contribution in [2.75, 3.05) is 49.1 Å². The molecular formula is C18H22BrN5OS. The van der Waals surface area contributed by atoms with Crippen LogP contribution in [0.2, 0.25) is 0 Å². The highest BCUT2D eigenvalue weighted by molar-refractivity contribution is 9.10. The first-order valence-corrected chi connectivity index (χ1v) is 10.7. The normalized spacial score (nSPS) is 17.8. The molecule has 0 radical (unpaired) electrons. The van der Waals surface area contributed by atoms with Crippen LogP contribution in [0.1, 0.15) is 28.3 Å². The molecule has 0 unspecified atom stereocenters. The van der Waals surface area contributed by atoms with E-state index in [4.69, 9.17) is 0 Å². The van der Waals surface area contributed by atoms with Crippen molar-refractivity contribution < 1.29 is 4.79 Å². The zero-order valence-electron chi connectivity index (χ0n) is 14.8. The fourth-order valence-corrected chi connectivity index (χ4v) is 4.92. The van der Waals surface area contributed by atoms with E-state index in [0.717, 1.165) is 66.1 Å². The van der Waals surface area contributed by atoms with E-state index in [9.17, 15) is 4.79 Å². The number of aromatic nitrogens is 2. The Morgan fingerprint density at radius 3 is 2.19 bits per heavy atom. The summed E-state index contributed by atoms with van der Waals surface area (Å²) in [6.07, 6.45) is 2.47. The molecule has 0 N–H and O–H groups in total. The predicted molar refractivity (Wildman–Crippen MR) is 108 cm³/mol. The molecule has 4 rings (SSSR count). The number of rotatable bonds is 3. The van der Waals surface area contributed by atoms with Gasteiger partial charge in [0.2, 0.25) is 0 Å². The van der Waals surface area contributed by atoms with Gasteiger partial charge in [-0.1, -0.05) is 0 Å². The lowest BCUT2D eigenvalue weighted by atomic mass is 10.3. The van der Waals surface area contributed by atoms with Gasteiger partial charge in [-0.2, -0.15) is 0 Å². The number of halogens is 1. The Bertz CT molecular complexity index is 797. The average molecular weight is 436 g/mol. The number of aryl methyl sites for hydroxylation is 1. The van der Waals surface area contributed by atoms with Gasteiger partial charge in [-0.15, -0.1) is 11.3 Å². The van der Waals surface area contributed by atoms with Crippen molar-refractivity contribution >= 4 is 44.8 Å². The molecule has 4 heterocycles. The number of carbonyl (C=O) groups is 1. The van der Waals surface area contributed by atoms with Crippen LogP contribution in [0.3, 0.4) is 0 Å². The van der Waals surface area contributed by atoms with Crippen LogP contribution in [-0.2, 0) is 0 Å². The number of hydrogen-bond donors (Lipinski definition) is 0. The zero-order valence-corrected chi connectivity index (χ0v) is 17.2. The zero-order chi connectivity index (χ0) is 18.1. The minimum absolute atomic E-state index is 0.122. The van der Waals surface area contributed by atoms with E-state index in [1.165, 1.54) is 24.2 Å². The van der Waals surface area contributed by atoms with Gasteiger partial charge in [-0.3, -0.25) is 4.79 Å². The third-order valence-electron chi connectivity index (χ3n) is 4.91. The van der Waals surface area contributed by atoms with Crippen LogP contribution >= 0.6 is 27.3 Å². The van der Waals surface area contributed by atoms with Crippen LogP contribution < -0.4 is 9.80 Å². The molecule has 2 aliphatic heterocycles. The van der Waals surface area contributed by atoms with E-state index in [-0.39, 0.29) is 5.91 Å². The molecule has 0 spiro atoms. The van der Waals surface area contributed by atoms with Gasteiger partial charge in [0.25, 0.3) is 5.91 Å². The van der Waals surface area contributed by atoms with Crippen LogP contribution in [-0.4, -0.2) is 60.0 Å². The minimum atomic E-state index is 0.122. The van der Waals surface area contributed by atoms with E-state index in [1.807, 2.05) is 23.3 Å². The molecule has 2 aromatic heterocycles. The molecule has 8 heteroatoms. The third-order valence-corrected chi connectivity index (χ3v) is 6.59. The fraction of sp³-hybridized carbons (Fsp3) is 0.500. The number of piperazine rings is 1. The van der Waals surface area contributed by atoms with Gasteiger partial charge in [-0.25, -0.2) is 9.97 Å². The standard InChI is InChI=1S/C18H22BrN5OS/c1-13-20-16(22-4-2-3-5-22)11-17(21-13)23-6-8-24(9-7-23)18(25)15-10-14(19)12-26-15/h10-12H,2-9H2,1H3. The van der Waals surface area contributed by atoms with Gasteiger partial charge in [-0.05, 0) is 41.8 Å². The topological polar surface area (TPSA) is 52.6 Å². The molecule has 2 aromatic rings. The SMILES string of the molecule is Cc1nc(N2CCCC2)cc(N2CCN(C(=O)c3cc(Br)cs3)CC2)n1. The Balaban J connectivity index is 1.43. The molecule has 2 aliphatic rings. The third kappa shape index (κ3) is 3.71. The van der Waals surface area contributed by atoms with E-state index in [2.05, 4.69) is 41.8 Å². The number of nitrogens with zero attached hydrogens (tertiary/aromatic N) is 5. The number of thiophene rings is 1. The van der Waals surface area contributed by atoms with Crippen LogP contribution in [0.15, 0.2) is 22.0 Å². The van der Waals surface area contributed by atoms with Crippen molar-refractivity contribution in [2.24, 2.45) is 0 Å². The summed E-state index contributed by atoms with van der Waals surface area (Å²) in [5, 5.41) is 1.95. The van der Waals surface area contributed by atoms with Gasteiger partial charge in [0.05, 0.1) is 4.88 Å². The maximum atomic E-state index is 12.6. The summed E-state index contributed by atoms with van der Waals surface area (Å²) in [5.41, 5.74) is 0. The Hall–Kier alpha value is -1.67. The number of anilines is 2. The van der Waals surface area contributed by atoms with Crippen molar-refractivity contribution in [3.63, 3.8) is 0 Å². The lowest BCUT2D eigenvalue weighted by Gasteiger charge is -2.35. The Morgan fingerprint density at radius 1 is 1.00 bits per heavy atom. The molecular weight excluding hydrogens is 414 g/mol. The first-order valence-electron chi connectivity index (χ1n) is 8.99. The molecule has 0 bridgehead atoms. The maximum absolute atomic E-state index is 12.6. The number of amides is 1. The number of hydrogen-bond acceptors (Lipinski definition) is 6. The van der Waals surface area contributed by atoms with Gasteiger partial charge < -0.3 is 14.7 Å². The summed E-state index contributed by atoms with van der Waals surface area (Å²) in [6, 6.07) is 4.00. The monoisotopic (exact) mass is 435 g/mol. The lowest BCUT2D eigenvalue weighted by Crippen LogP contribution is -2.49. The smallest absolute Gasteiger partial charge is 0.264 e. The molecule has 0 aromatic carbocycles. The highest BCUT2D eigenvalue weighted by atomic mass is 79.9. The summed E-state index contributed by atoms with van der Waals surface area (Å²) >= 11 is 4.91. The molecule has 0 aliphatic carbocycles. The highest BCUT2D eigenvalue weighted by Gasteiger charge is 2.25. The summed E-state index contributed by atoms with van der Waals surface area (Å²) < 4.78 is 0.968. The van der Waals surface area contributed by atoms with Gasteiger partial charge in [0.15, 0.2) is 0 Å². The van der Waals surface area contributed by atoms with Crippen molar-refractivity contribution in [3.05, 3.63) is 32.7 Å². The summed E-state index contributed by atoms with van der Waals surface area (Å²) in [6.45, 7) is 7.15. The fourth-order valence-electron chi connectivity index (χ4n) is 3.53. The van der Waals surface area contributed by atoms with Crippen LogP contribution in [0.25, 0.3) is 0 Å². The minimum Gasteiger partial charge on any atom is -0.356 e. The van der Waals surface area contributed by atoms with Gasteiger partial charge >= 0.3 is 0 Å². The molecule has 1 amide bonds. The molecule has 6 nitrogen and oxygen atoms in total. The van der Waals surface area contributed by atoms with Crippen LogP contribution in [0, 0.1) is 6.92 Å². The van der Waals surface area contributed by atoms with E-state index >= 15 is 0 Å². The summed E-state index contributed by atoms with van der Waals surface area (Å²) in [5.74, 6) is 2.95. The van der Waals surface area contributed by atoms with Gasteiger partial charge in [0.1, 0.15) is 17.5 Å². The van der Waals surface area contributed by atoms with E-state index in [0.29, 0.717) is 0 Å². The number of carbonyl (C=O) groups excluding carboxylic acids is 1. The van der Waals surface area contributed by atoms with Gasteiger partial charge in [0, 0.05) is 55.2 Å².